The van der Waals surface area contributed by atoms with Gasteiger partial charge >= 0.3 is 0 Å². The van der Waals surface area contributed by atoms with Gasteiger partial charge in [-0.15, -0.1) is 0 Å². The molecule has 8 nitrogen and oxygen atoms in total. The maximum Gasteiger partial charge on any atom is 0.295 e. The van der Waals surface area contributed by atoms with E-state index in [1.54, 1.807) is 24.3 Å². The highest BCUT2D eigenvalue weighted by Crippen LogP contribution is 2.43. The van der Waals surface area contributed by atoms with Gasteiger partial charge < -0.3 is 29.0 Å². The molecule has 1 fully saturated rings. The van der Waals surface area contributed by atoms with Gasteiger partial charge in [0.25, 0.3) is 11.7 Å². The van der Waals surface area contributed by atoms with Gasteiger partial charge in [-0.05, 0) is 36.2 Å². The predicted molar refractivity (Wildman–Crippen MR) is 147 cm³/mol. The minimum Gasteiger partial charge on any atom is -0.507 e. The number of likely N-dealkylation sites (tertiary alicyclic amines) is 1. The quantitative estimate of drug-likeness (QED) is 0.207. The number of hydrogen-bond acceptors (Lipinski definition) is 7. The van der Waals surface area contributed by atoms with E-state index >= 15 is 0 Å². The smallest absolute Gasteiger partial charge is 0.295 e. The number of ketones is 1. The molecular weight excluding hydrogens is 522 g/mol. The minimum atomic E-state index is -0.863. The molecule has 0 aliphatic carbocycles. The predicted octanol–water partition coefficient (Wildman–Crippen LogP) is 5.31. The van der Waals surface area contributed by atoms with Gasteiger partial charge in [0.2, 0.25) is 0 Å². The molecule has 39 heavy (non-hydrogen) atoms. The first kappa shape index (κ1) is 28.0. The van der Waals surface area contributed by atoms with E-state index in [4.69, 9.17) is 30.5 Å². The van der Waals surface area contributed by atoms with Crippen molar-refractivity contribution >= 4 is 29.1 Å². The van der Waals surface area contributed by atoms with Crippen LogP contribution in [0.25, 0.3) is 5.76 Å². The number of aliphatic hydroxyl groups is 1. The van der Waals surface area contributed by atoms with E-state index in [0.717, 1.165) is 5.56 Å². The first-order valence-corrected chi connectivity index (χ1v) is 12.6. The standard InChI is InChI=1S/C30H30ClNO7/c1-18-5-7-19(8-6-18)17-39-21-11-9-20(10-12-21)27-26(29(34)30(35)32(27)13-14-36-2)28(33)22-15-25(38-4)23(31)16-24(22)37-3/h5-12,15-16,27,33H,13-14,17H2,1-4H3/b28-26+. The Bertz CT molecular complexity index is 1380. The number of aliphatic hydroxyl groups excluding tert-OH is 1. The minimum absolute atomic E-state index is 0.0768. The zero-order chi connectivity index (χ0) is 28.1. The van der Waals surface area contributed by atoms with Gasteiger partial charge in [-0.2, -0.15) is 0 Å². The van der Waals surface area contributed by atoms with Crippen LogP contribution in [0, 0.1) is 6.92 Å². The maximum atomic E-state index is 13.3. The Labute approximate surface area is 232 Å². The summed E-state index contributed by atoms with van der Waals surface area (Å²) in [5.41, 5.74) is 2.92. The zero-order valence-electron chi connectivity index (χ0n) is 22.2. The molecule has 1 atom stereocenters. The SMILES string of the molecule is COCCN1C(=O)C(=O)/C(=C(/O)c2cc(OC)c(Cl)cc2OC)C1c1ccc(OCc2ccc(C)cc2)cc1. The van der Waals surface area contributed by atoms with Gasteiger partial charge in [0.15, 0.2) is 0 Å². The van der Waals surface area contributed by atoms with Crippen LogP contribution in [-0.4, -0.2) is 56.2 Å². The lowest BCUT2D eigenvalue weighted by Crippen LogP contribution is -2.32. The molecule has 1 saturated heterocycles. The number of halogens is 1. The van der Waals surface area contributed by atoms with Crippen molar-refractivity contribution in [1.82, 2.24) is 4.90 Å². The van der Waals surface area contributed by atoms with Crippen molar-refractivity contribution in [3.63, 3.8) is 0 Å². The second-order valence-electron chi connectivity index (χ2n) is 9.02. The molecule has 0 spiro atoms. The first-order valence-electron chi connectivity index (χ1n) is 12.3. The zero-order valence-corrected chi connectivity index (χ0v) is 22.9. The summed E-state index contributed by atoms with van der Waals surface area (Å²) in [6.07, 6.45) is 0. The summed E-state index contributed by atoms with van der Waals surface area (Å²) in [7, 11) is 4.36. The van der Waals surface area contributed by atoms with E-state index < -0.39 is 23.5 Å². The van der Waals surface area contributed by atoms with Crippen LogP contribution >= 0.6 is 11.6 Å². The van der Waals surface area contributed by atoms with Crippen molar-refractivity contribution in [2.45, 2.75) is 19.6 Å². The molecule has 0 radical (unpaired) electrons. The second-order valence-corrected chi connectivity index (χ2v) is 9.42. The van der Waals surface area contributed by atoms with Crippen LogP contribution in [0.15, 0.2) is 66.2 Å². The lowest BCUT2D eigenvalue weighted by molar-refractivity contribution is -0.140. The van der Waals surface area contributed by atoms with E-state index in [9.17, 15) is 14.7 Å². The fourth-order valence-electron chi connectivity index (χ4n) is 4.43. The van der Waals surface area contributed by atoms with Crippen LogP contribution in [0.1, 0.15) is 28.3 Å². The second kappa shape index (κ2) is 12.2. The Hall–Kier alpha value is -4.01. The molecule has 204 valence electrons. The molecule has 3 aromatic carbocycles. The van der Waals surface area contributed by atoms with Crippen LogP contribution in [-0.2, 0) is 20.9 Å². The molecule has 9 heteroatoms. The summed E-state index contributed by atoms with van der Waals surface area (Å²) in [5, 5.41) is 11.7. The van der Waals surface area contributed by atoms with Gasteiger partial charge in [0.05, 0.1) is 43.0 Å². The molecule has 1 aliphatic rings. The van der Waals surface area contributed by atoms with Gasteiger partial charge in [0.1, 0.15) is 29.6 Å². The first-order chi connectivity index (χ1) is 18.8. The van der Waals surface area contributed by atoms with Gasteiger partial charge in [-0.25, -0.2) is 0 Å². The van der Waals surface area contributed by atoms with Crippen LogP contribution in [0.3, 0.4) is 0 Å². The summed E-state index contributed by atoms with van der Waals surface area (Å²) in [4.78, 5) is 27.8. The van der Waals surface area contributed by atoms with Crippen molar-refractivity contribution in [3.8, 4) is 17.2 Å². The Balaban J connectivity index is 1.73. The number of methoxy groups -OCH3 is 3. The highest BCUT2D eigenvalue weighted by Gasteiger charge is 2.46. The summed E-state index contributed by atoms with van der Waals surface area (Å²) in [6, 6.07) is 17.2. The third-order valence-corrected chi connectivity index (χ3v) is 6.82. The summed E-state index contributed by atoms with van der Waals surface area (Å²) < 4.78 is 21.8. The number of Topliss-reactive ketones (excluding diaryl/α,β-unsaturated/α-hetero) is 1. The third kappa shape index (κ3) is 5.87. The van der Waals surface area contributed by atoms with E-state index in [1.165, 1.54) is 43.9 Å². The topological polar surface area (TPSA) is 94.5 Å². The molecule has 0 aromatic heterocycles. The monoisotopic (exact) mass is 551 g/mol. The summed E-state index contributed by atoms with van der Waals surface area (Å²) >= 11 is 6.23. The molecule has 0 saturated carbocycles. The number of carbonyl (C=O) groups is 2. The lowest BCUT2D eigenvalue weighted by Gasteiger charge is -2.25. The largest absolute Gasteiger partial charge is 0.507 e. The molecule has 0 bridgehead atoms. The van der Waals surface area contributed by atoms with Crippen molar-refractivity contribution < 1.29 is 33.6 Å². The molecule has 1 amide bonds. The lowest BCUT2D eigenvalue weighted by atomic mass is 9.95. The van der Waals surface area contributed by atoms with Crippen LogP contribution in [0.5, 0.6) is 17.2 Å². The Morgan fingerprint density at radius 2 is 1.62 bits per heavy atom. The van der Waals surface area contributed by atoms with Crippen LogP contribution in [0.2, 0.25) is 5.02 Å². The molecule has 1 N–H and O–H groups in total. The van der Waals surface area contributed by atoms with Crippen molar-refractivity contribution in [1.29, 1.82) is 0 Å². The molecular formula is C30H30ClNO7. The van der Waals surface area contributed by atoms with Crippen LogP contribution in [0.4, 0.5) is 0 Å². The number of nitrogens with zero attached hydrogens (tertiary/aromatic N) is 1. The third-order valence-electron chi connectivity index (χ3n) is 6.53. The molecule has 1 heterocycles. The number of hydrogen-bond donors (Lipinski definition) is 1. The number of carbonyl (C=O) groups excluding carboxylic acids is 2. The van der Waals surface area contributed by atoms with E-state index in [1.807, 2.05) is 31.2 Å². The van der Waals surface area contributed by atoms with Gasteiger partial charge in [0, 0.05) is 19.7 Å². The van der Waals surface area contributed by atoms with Gasteiger partial charge in [-0.3, -0.25) is 9.59 Å². The maximum absolute atomic E-state index is 13.3. The van der Waals surface area contributed by atoms with Gasteiger partial charge in [-0.1, -0.05) is 53.6 Å². The Morgan fingerprint density at radius 3 is 2.23 bits per heavy atom. The highest BCUT2D eigenvalue weighted by molar-refractivity contribution is 6.46. The van der Waals surface area contributed by atoms with Crippen molar-refractivity contribution in [3.05, 3.63) is 93.5 Å². The number of rotatable bonds is 10. The van der Waals surface area contributed by atoms with E-state index in [2.05, 4.69) is 0 Å². The number of amides is 1. The normalized spacial score (nSPS) is 16.4. The van der Waals surface area contributed by atoms with Crippen molar-refractivity contribution in [2.24, 2.45) is 0 Å². The summed E-state index contributed by atoms with van der Waals surface area (Å²) in [5.74, 6) is -0.830. The number of benzene rings is 3. The van der Waals surface area contributed by atoms with Crippen LogP contribution < -0.4 is 14.2 Å². The molecule has 1 aliphatic heterocycles. The molecule has 4 rings (SSSR count). The average Bonchev–Trinajstić information content (AvgIpc) is 3.20. The molecule has 3 aromatic rings. The number of aryl methyl sites for hydroxylation is 1. The van der Waals surface area contributed by atoms with Crippen molar-refractivity contribution in [2.75, 3.05) is 34.5 Å². The molecule has 1 unspecified atom stereocenters. The fraction of sp³-hybridized carbons (Fsp3) is 0.267. The Kier molecular flexibility index (Phi) is 8.79. The average molecular weight is 552 g/mol. The van der Waals surface area contributed by atoms with E-state index in [-0.39, 0.29) is 40.8 Å². The fourth-order valence-corrected chi connectivity index (χ4v) is 4.67. The summed E-state index contributed by atoms with van der Waals surface area (Å²) in [6.45, 7) is 2.77. The highest BCUT2D eigenvalue weighted by atomic mass is 35.5. The Morgan fingerprint density at radius 1 is 0.949 bits per heavy atom. The van der Waals surface area contributed by atoms with E-state index in [0.29, 0.717) is 17.9 Å². The number of ether oxygens (including phenoxy) is 4.